The van der Waals surface area contributed by atoms with Gasteiger partial charge in [-0.15, -0.1) is 0 Å². The van der Waals surface area contributed by atoms with Crippen molar-refractivity contribution in [3.63, 3.8) is 0 Å². The van der Waals surface area contributed by atoms with Crippen molar-refractivity contribution in [2.75, 3.05) is 37.8 Å². The van der Waals surface area contributed by atoms with Crippen molar-refractivity contribution in [2.24, 2.45) is 0 Å². The predicted molar refractivity (Wildman–Crippen MR) is 80.1 cm³/mol. The van der Waals surface area contributed by atoms with Crippen molar-refractivity contribution in [1.82, 2.24) is 5.32 Å². The molecule has 0 atom stereocenters. The number of nitrogens with one attached hydrogen (secondary N) is 1. The zero-order valence-electron chi connectivity index (χ0n) is 12.5. The van der Waals surface area contributed by atoms with Crippen LogP contribution in [0.4, 0.5) is 5.69 Å². The monoisotopic (exact) mass is 294 g/mol. The molecule has 1 rings (SSSR count). The average Bonchev–Trinajstić information content (AvgIpc) is 2.47. The Labute approximate surface area is 124 Å². The molecular weight excluding hydrogens is 272 g/mol. The number of benzene rings is 1. The summed E-state index contributed by atoms with van der Waals surface area (Å²) < 4.78 is 5.01. The normalized spacial score (nSPS) is 10.2. The molecule has 1 aromatic carbocycles. The van der Waals surface area contributed by atoms with E-state index in [1.165, 1.54) is 4.90 Å². The third-order valence-electron chi connectivity index (χ3n) is 2.84. The van der Waals surface area contributed by atoms with Crippen LogP contribution in [0.1, 0.15) is 12.5 Å². The van der Waals surface area contributed by atoms with E-state index in [0.29, 0.717) is 12.2 Å². The minimum absolute atomic E-state index is 0.0656. The summed E-state index contributed by atoms with van der Waals surface area (Å²) in [7, 11) is 0. The highest BCUT2D eigenvalue weighted by atomic mass is 16.5. The first kappa shape index (κ1) is 17.1. The molecule has 0 fully saturated rings. The van der Waals surface area contributed by atoms with Gasteiger partial charge in [0.25, 0.3) is 0 Å². The first-order valence-corrected chi connectivity index (χ1v) is 6.95. The van der Waals surface area contributed by atoms with Crippen LogP contribution in [0.15, 0.2) is 24.3 Å². The van der Waals surface area contributed by atoms with Crippen LogP contribution < -0.4 is 10.2 Å². The molecule has 0 radical (unpaired) electrons. The Balaban J connectivity index is 2.56. The number of nitrogens with zero attached hydrogens (tertiary/aromatic N) is 1. The first-order chi connectivity index (χ1) is 10.1. The second kappa shape index (κ2) is 9.10. The lowest BCUT2D eigenvalue weighted by molar-refractivity contribution is -0.137. The van der Waals surface area contributed by atoms with E-state index in [0.717, 1.165) is 5.56 Å². The van der Waals surface area contributed by atoms with Crippen molar-refractivity contribution in [3.05, 3.63) is 29.8 Å². The van der Waals surface area contributed by atoms with Crippen molar-refractivity contribution in [1.29, 1.82) is 0 Å². The summed E-state index contributed by atoms with van der Waals surface area (Å²) in [6.07, 6.45) is 0. The maximum atomic E-state index is 12.1. The van der Waals surface area contributed by atoms with Crippen molar-refractivity contribution in [3.8, 4) is 0 Å². The summed E-state index contributed by atoms with van der Waals surface area (Å²) in [6, 6.07) is 7.44. The molecule has 1 aromatic rings. The van der Waals surface area contributed by atoms with Gasteiger partial charge in [0.2, 0.25) is 0 Å². The molecule has 0 heterocycles. The van der Waals surface area contributed by atoms with E-state index in [1.807, 2.05) is 32.0 Å². The van der Waals surface area contributed by atoms with Gasteiger partial charge >= 0.3 is 11.8 Å². The highest BCUT2D eigenvalue weighted by Crippen LogP contribution is 2.15. The third kappa shape index (κ3) is 5.53. The summed E-state index contributed by atoms with van der Waals surface area (Å²) in [6.45, 7) is 4.80. The van der Waals surface area contributed by atoms with Crippen LogP contribution in [0, 0.1) is 6.92 Å². The first-order valence-electron chi connectivity index (χ1n) is 6.95. The lowest BCUT2D eigenvalue weighted by Crippen LogP contribution is -2.44. The molecule has 0 unspecified atom stereocenters. The Kier molecular flexibility index (Phi) is 7.42. The van der Waals surface area contributed by atoms with Crippen LogP contribution in [0.25, 0.3) is 0 Å². The Morgan fingerprint density at radius 1 is 1.33 bits per heavy atom. The smallest absolute Gasteiger partial charge is 0.316 e. The van der Waals surface area contributed by atoms with Gasteiger partial charge in [-0.25, -0.2) is 0 Å². The van der Waals surface area contributed by atoms with Crippen LogP contribution >= 0.6 is 0 Å². The summed E-state index contributed by atoms with van der Waals surface area (Å²) in [5.41, 5.74) is 1.73. The predicted octanol–water partition coefficient (Wildman–Crippen LogP) is 0.473. The Bertz CT molecular complexity index is 476. The van der Waals surface area contributed by atoms with Crippen molar-refractivity contribution >= 4 is 17.5 Å². The van der Waals surface area contributed by atoms with E-state index in [4.69, 9.17) is 9.84 Å². The van der Waals surface area contributed by atoms with Gasteiger partial charge in [-0.3, -0.25) is 9.59 Å². The number of rotatable bonds is 7. The number of aliphatic hydroxyl groups is 1. The molecule has 116 valence electrons. The molecule has 0 aliphatic rings. The van der Waals surface area contributed by atoms with Crippen LogP contribution in [-0.2, 0) is 14.3 Å². The number of ether oxygens (including phenoxy) is 1. The van der Waals surface area contributed by atoms with Gasteiger partial charge in [0, 0.05) is 18.8 Å². The van der Waals surface area contributed by atoms with Crippen molar-refractivity contribution < 1.29 is 19.4 Å². The molecule has 0 saturated carbocycles. The SMILES string of the molecule is CCN(C(=O)C(=O)NCCOCCO)c1cccc(C)c1. The molecular formula is C15H22N2O4. The van der Waals surface area contributed by atoms with E-state index < -0.39 is 11.8 Å². The summed E-state index contributed by atoms with van der Waals surface area (Å²) in [4.78, 5) is 25.4. The molecule has 2 amide bonds. The molecule has 21 heavy (non-hydrogen) atoms. The van der Waals surface area contributed by atoms with E-state index in [1.54, 1.807) is 6.07 Å². The number of anilines is 1. The number of hydrogen-bond donors (Lipinski definition) is 2. The molecule has 2 N–H and O–H groups in total. The second-order valence-corrected chi connectivity index (χ2v) is 4.48. The highest BCUT2D eigenvalue weighted by Gasteiger charge is 2.21. The lowest BCUT2D eigenvalue weighted by atomic mass is 10.2. The van der Waals surface area contributed by atoms with Gasteiger partial charge in [0.1, 0.15) is 0 Å². The van der Waals surface area contributed by atoms with E-state index in [-0.39, 0.29) is 26.4 Å². The topological polar surface area (TPSA) is 78.9 Å². The van der Waals surface area contributed by atoms with Gasteiger partial charge < -0.3 is 20.1 Å². The van der Waals surface area contributed by atoms with E-state index in [9.17, 15) is 9.59 Å². The largest absolute Gasteiger partial charge is 0.394 e. The Morgan fingerprint density at radius 2 is 2.10 bits per heavy atom. The van der Waals surface area contributed by atoms with E-state index in [2.05, 4.69) is 5.32 Å². The fraction of sp³-hybridized carbons (Fsp3) is 0.467. The molecule has 6 nitrogen and oxygen atoms in total. The van der Waals surface area contributed by atoms with Gasteiger partial charge in [-0.2, -0.15) is 0 Å². The minimum Gasteiger partial charge on any atom is -0.394 e. The van der Waals surface area contributed by atoms with Crippen LogP contribution in [0.5, 0.6) is 0 Å². The number of aryl methyl sites for hydroxylation is 1. The molecule has 0 saturated heterocycles. The maximum absolute atomic E-state index is 12.1. The molecule has 0 aromatic heterocycles. The highest BCUT2D eigenvalue weighted by molar-refractivity contribution is 6.40. The molecule has 0 aliphatic heterocycles. The molecule has 6 heteroatoms. The van der Waals surface area contributed by atoms with Crippen LogP contribution in [0.3, 0.4) is 0 Å². The molecule has 0 bridgehead atoms. The van der Waals surface area contributed by atoms with E-state index >= 15 is 0 Å². The van der Waals surface area contributed by atoms with Crippen LogP contribution in [-0.4, -0.2) is 49.8 Å². The van der Waals surface area contributed by atoms with Gasteiger partial charge in [-0.05, 0) is 31.5 Å². The Morgan fingerprint density at radius 3 is 2.71 bits per heavy atom. The lowest BCUT2D eigenvalue weighted by Gasteiger charge is -2.20. The standard InChI is InChI=1S/C15H22N2O4/c1-3-17(13-6-4-5-12(2)11-13)15(20)14(19)16-7-9-21-10-8-18/h4-6,11,18H,3,7-10H2,1-2H3,(H,16,19). The number of amides is 2. The van der Waals surface area contributed by atoms with Crippen LogP contribution in [0.2, 0.25) is 0 Å². The fourth-order valence-electron chi connectivity index (χ4n) is 1.84. The maximum Gasteiger partial charge on any atom is 0.316 e. The minimum atomic E-state index is -0.661. The van der Waals surface area contributed by atoms with Crippen molar-refractivity contribution in [2.45, 2.75) is 13.8 Å². The summed E-state index contributed by atoms with van der Waals surface area (Å²) >= 11 is 0. The third-order valence-corrected chi connectivity index (χ3v) is 2.84. The number of aliphatic hydroxyl groups excluding tert-OH is 1. The zero-order chi connectivity index (χ0) is 15.7. The quantitative estimate of drug-likeness (QED) is 0.566. The van der Waals surface area contributed by atoms with Gasteiger partial charge in [0.05, 0.1) is 19.8 Å². The number of carbonyl (C=O) groups excluding carboxylic acids is 2. The number of hydrogen-bond acceptors (Lipinski definition) is 4. The molecule has 0 spiro atoms. The zero-order valence-corrected chi connectivity index (χ0v) is 12.5. The Hall–Kier alpha value is -1.92. The average molecular weight is 294 g/mol. The van der Waals surface area contributed by atoms with Gasteiger partial charge in [-0.1, -0.05) is 12.1 Å². The summed E-state index contributed by atoms with van der Waals surface area (Å²) in [5, 5.41) is 11.0. The number of carbonyl (C=O) groups is 2. The fourth-order valence-corrected chi connectivity index (χ4v) is 1.84. The van der Waals surface area contributed by atoms with Gasteiger partial charge in [0.15, 0.2) is 0 Å². The summed E-state index contributed by atoms with van der Waals surface area (Å²) in [5.74, 6) is -1.25. The molecule has 0 aliphatic carbocycles. The second-order valence-electron chi connectivity index (χ2n) is 4.48. The number of likely N-dealkylation sites (N-methyl/N-ethyl adjacent to an activating group) is 1.